The van der Waals surface area contributed by atoms with Crippen LogP contribution < -0.4 is 5.48 Å². The van der Waals surface area contributed by atoms with Crippen molar-refractivity contribution in [2.45, 2.75) is 31.1 Å². The number of hydrogen-bond acceptors (Lipinski definition) is 6. The van der Waals surface area contributed by atoms with Crippen LogP contribution in [0.1, 0.15) is 46.0 Å². The van der Waals surface area contributed by atoms with Crippen molar-refractivity contribution in [2.24, 2.45) is 0 Å². The Labute approximate surface area is 193 Å². The van der Waals surface area contributed by atoms with E-state index in [0.717, 1.165) is 28.5 Å². The van der Waals surface area contributed by atoms with Crippen LogP contribution in [0.5, 0.6) is 0 Å². The molecule has 9 heteroatoms. The highest BCUT2D eigenvalue weighted by molar-refractivity contribution is 7.92. The molecule has 1 aliphatic heterocycles. The Kier molecular flexibility index (Phi) is 7.22. The number of aliphatic hydroxyl groups is 1. The third-order valence-electron chi connectivity index (χ3n) is 5.95. The maximum Gasteiger partial charge on any atom is 0.264 e. The number of amides is 2. The van der Waals surface area contributed by atoms with Gasteiger partial charge in [-0.2, -0.15) is 0 Å². The second-order valence-electron chi connectivity index (χ2n) is 8.21. The molecule has 1 aliphatic rings. The smallest absolute Gasteiger partial charge is 0.264 e. The van der Waals surface area contributed by atoms with E-state index in [4.69, 9.17) is 10.3 Å². The summed E-state index contributed by atoms with van der Waals surface area (Å²) in [7, 11) is -3.84. The number of sulfone groups is 1. The van der Waals surface area contributed by atoms with E-state index in [2.05, 4.69) is 11.8 Å². The van der Waals surface area contributed by atoms with Crippen LogP contribution in [0.25, 0.3) is 0 Å². The number of fused-ring (bicyclic) bond motifs is 1. The summed E-state index contributed by atoms with van der Waals surface area (Å²) in [6, 6.07) is 12.9. The van der Waals surface area contributed by atoms with Crippen molar-refractivity contribution in [3.8, 4) is 11.8 Å². The van der Waals surface area contributed by atoms with Gasteiger partial charge in [0.15, 0.2) is 14.6 Å². The summed E-state index contributed by atoms with van der Waals surface area (Å²) in [5.41, 5.74) is 5.30. The lowest BCUT2D eigenvalue weighted by atomic mass is 10.1. The number of carbonyl (C=O) groups is 2. The zero-order chi connectivity index (χ0) is 24.2. The van der Waals surface area contributed by atoms with Gasteiger partial charge in [0.1, 0.15) is 0 Å². The van der Waals surface area contributed by atoms with Gasteiger partial charge in [-0.1, -0.05) is 24.0 Å². The number of rotatable bonds is 7. The standard InChI is InChI=1S/C24H26N2O6S/c1-24(23(29)25-30,33(2,31)32)12-13-26-16-20-15-19(9-10-21(20)22(26)28)8-7-17-3-5-18(6-4-17)11-14-27/h3-6,9-10,15,27,30H,11-14,16H2,1-2H3,(H,25,29)/t24-/m1/s1. The molecular weight excluding hydrogens is 444 g/mol. The summed E-state index contributed by atoms with van der Waals surface area (Å²) in [5, 5.41) is 17.9. The summed E-state index contributed by atoms with van der Waals surface area (Å²) >= 11 is 0. The average Bonchev–Trinajstić information content (AvgIpc) is 3.10. The maximum absolute atomic E-state index is 12.8. The van der Waals surface area contributed by atoms with E-state index in [1.54, 1.807) is 12.1 Å². The zero-order valence-electron chi connectivity index (χ0n) is 18.5. The molecule has 0 fully saturated rings. The lowest BCUT2D eigenvalue weighted by molar-refractivity contribution is -0.131. The van der Waals surface area contributed by atoms with Crippen LogP contribution >= 0.6 is 0 Å². The maximum atomic E-state index is 12.8. The zero-order valence-corrected chi connectivity index (χ0v) is 19.3. The van der Waals surface area contributed by atoms with E-state index in [1.165, 1.54) is 17.3 Å². The second-order valence-corrected chi connectivity index (χ2v) is 10.7. The topological polar surface area (TPSA) is 124 Å². The molecule has 0 aromatic heterocycles. The van der Waals surface area contributed by atoms with Gasteiger partial charge in [0.25, 0.3) is 11.8 Å². The monoisotopic (exact) mass is 470 g/mol. The summed E-state index contributed by atoms with van der Waals surface area (Å²) in [5.74, 6) is 4.88. The number of nitrogens with zero attached hydrogens (tertiary/aromatic N) is 1. The van der Waals surface area contributed by atoms with Gasteiger partial charge in [-0.05, 0) is 61.2 Å². The molecule has 33 heavy (non-hydrogen) atoms. The molecule has 2 aromatic carbocycles. The summed E-state index contributed by atoms with van der Waals surface area (Å²) in [4.78, 5) is 26.2. The third-order valence-corrected chi connectivity index (χ3v) is 7.97. The lowest BCUT2D eigenvalue weighted by Crippen LogP contribution is -2.50. The van der Waals surface area contributed by atoms with Gasteiger partial charge in [0.2, 0.25) is 0 Å². The summed E-state index contributed by atoms with van der Waals surface area (Å²) in [6.07, 6.45) is 1.36. The molecule has 1 atom stereocenters. The van der Waals surface area contributed by atoms with Crippen LogP contribution in [0.15, 0.2) is 42.5 Å². The molecule has 1 heterocycles. The van der Waals surface area contributed by atoms with E-state index >= 15 is 0 Å². The van der Waals surface area contributed by atoms with Crippen LogP contribution in [0.2, 0.25) is 0 Å². The Balaban J connectivity index is 1.73. The highest BCUT2D eigenvalue weighted by atomic mass is 32.2. The number of hydrogen-bond donors (Lipinski definition) is 3. The van der Waals surface area contributed by atoms with Crippen molar-refractivity contribution >= 4 is 21.7 Å². The molecule has 0 radical (unpaired) electrons. The Bertz CT molecular complexity index is 1230. The number of carbonyl (C=O) groups excluding carboxylic acids is 2. The van der Waals surface area contributed by atoms with Gasteiger partial charge in [-0.3, -0.25) is 14.8 Å². The molecule has 0 spiro atoms. The van der Waals surface area contributed by atoms with Crippen molar-refractivity contribution < 1.29 is 28.3 Å². The minimum atomic E-state index is -3.84. The molecule has 8 nitrogen and oxygen atoms in total. The van der Waals surface area contributed by atoms with E-state index in [0.29, 0.717) is 12.0 Å². The molecule has 174 valence electrons. The SMILES string of the molecule is C[C@@](CCN1Cc2cc(C#Cc3ccc(CCO)cc3)ccc2C1=O)(C(=O)NO)S(C)(=O)=O. The molecule has 2 amide bonds. The fourth-order valence-electron chi connectivity index (χ4n) is 3.60. The van der Waals surface area contributed by atoms with Gasteiger partial charge >= 0.3 is 0 Å². The Morgan fingerprint density at radius 1 is 1.15 bits per heavy atom. The predicted molar refractivity (Wildman–Crippen MR) is 122 cm³/mol. The molecule has 2 aromatic rings. The van der Waals surface area contributed by atoms with Gasteiger partial charge in [0, 0.05) is 42.6 Å². The Morgan fingerprint density at radius 3 is 2.39 bits per heavy atom. The average molecular weight is 471 g/mol. The largest absolute Gasteiger partial charge is 0.396 e. The highest BCUT2D eigenvalue weighted by Gasteiger charge is 2.44. The van der Waals surface area contributed by atoms with Crippen LogP contribution in [0, 0.1) is 11.8 Å². The molecule has 3 N–H and O–H groups in total. The number of aliphatic hydroxyl groups excluding tert-OH is 1. The van der Waals surface area contributed by atoms with Gasteiger partial charge in [-0.25, -0.2) is 13.9 Å². The third kappa shape index (κ3) is 5.25. The molecule has 0 saturated heterocycles. The van der Waals surface area contributed by atoms with E-state index in [-0.39, 0.29) is 32.0 Å². The first-order chi connectivity index (χ1) is 15.6. The van der Waals surface area contributed by atoms with Gasteiger partial charge < -0.3 is 10.0 Å². The fraction of sp³-hybridized carbons (Fsp3) is 0.333. The van der Waals surface area contributed by atoms with Crippen molar-refractivity contribution in [1.29, 1.82) is 0 Å². The minimum absolute atomic E-state index is 0.0334. The van der Waals surface area contributed by atoms with Gasteiger partial charge in [0.05, 0.1) is 0 Å². The van der Waals surface area contributed by atoms with Crippen LogP contribution in [0.3, 0.4) is 0 Å². The van der Waals surface area contributed by atoms with Crippen molar-refractivity contribution in [3.63, 3.8) is 0 Å². The molecule has 0 bridgehead atoms. The van der Waals surface area contributed by atoms with Crippen LogP contribution in [-0.4, -0.2) is 59.6 Å². The van der Waals surface area contributed by atoms with Crippen LogP contribution in [0.4, 0.5) is 0 Å². The Hall–Kier alpha value is -3.19. The van der Waals surface area contributed by atoms with E-state index in [1.807, 2.05) is 30.3 Å². The predicted octanol–water partition coefficient (Wildman–Crippen LogP) is 1.28. The minimum Gasteiger partial charge on any atom is -0.396 e. The fourth-order valence-corrected chi connectivity index (χ4v) is 4.45. The summed E-state index contributed by atoms with van der Waals surface area (Å²) in [6.45, 7) is 1.63. The van der Waals surface area contributed by atoms with Crippen LogP contribution in [-0.2, 0) is 27.6 Å². The molecule has 0 aliphatic carbocycles. The first-order valence-electron chi connectivity index (χ1n) is 10.4. The van der Waals surface area contributed by atoms with Crippen molar-refractivity contribution in [3.05, 3.63) is 70.3 Å². The first kappa shape index (κ1) is 24.5. The number of nitrogens with one attached hydrogen (secondary N) is 1. The number of hydroxylamine groups is 1. The molecule has 0 unspecified atom stereocenters. The summed E-state index contributed by atoms with van der Waals surface area (Å²) < 4.78 is 22.4. The second kappa shape index (κ2) is 9.75. The highest BCUT2D eigenvalue weighted by Crippen LogP contribution is 2.27. The van der Waals surface area contributed by atoms with E-state index in [9.17, 15) is 18.0 Å². The molecule has 3 rings (SSSR count). The Morgan fingerprint density at radius 2 is 1.79 bits per heavy atom. The molecular formula is C24H26N2O6S. The quantitative estimate of drug-likeness (QED) is 0.318. The van der Waals surface area contributed by atoms with E-state index < -0.39 is 20.5 Å². The number of benzene rings is 2. The van der Waals surface area contributed by atoms with Crippen molar-refractivity contribution in [2.75, 3.05) is 19.4 Å². The molecule has 0 saturated carbocycles. The first-order valence-corrected chi connectivity index (χ1v) is 12.3. The normalized spacial score (nSPS) is 14.8. The van der Waals surface area contributed by atoms with Crippen molar-refractivity contribution in [1.82, 2.24) is 10.4 Å². The lowest BCUT2D eigenvalue weighted by Gasteiger charge is -2.27. The van der Waals surface area contributed by atoms with Gasteiger partial charge in [-0.15, -0.1) is 0 Å².